The fourth-order valence-electron chi connectivity index (χ4n) is 1.98. The monoisotopic (exact) mass is 251 g/mol. The summed E-state index contributed by atoms with van der Waals surface area (Å²) in [7, 11) is 0. The number of nitrogens with zero attached hydrogens (tertiary/aromatic N) is 2. The molecule has 17 heavy (non-hydrogen) atoms. The van der Waals surface area contributed by atoms with Crippen molar-refractivity contribution in [3.8, 4) is 5.40 Å². The second kappa shape index (κ2) is 9.09. The van der Waals surface area contributed by atoms with E-state index in [1.165, 1.54) is 41.6 Å². The average Bonchev–Trinajstić information content (AvgIpc) is 2.38. The van der Waals surface area contributed by atoms with E-state index in [0.29, 0.717) is 0 Å². The van der Waals surface area contributed by atoms with Crippen LogP contribution in [0.15, 0.2) is 30.3 Å². The highest BCUT2D eigenvalue weighted by Gasteiger charge is 2.20. The van der Waals surface area contributed by atoms with Gasteiger partial charge >= 0.3 is 0 Å². The Hall–Kier alpha value is -0.980. The van der Waals surface area contributed by atoms with Gasteiger partial charge < -0.3 is 4.48 Å². The third kappa shape index (κ3) is 5.76. The first-order valence-electron chi connectivity index (χ1n) is 6.10. The van der Waals surface area contributed by atoms with Gasteiger partial charge in [0.05, 0.1) is 19.6 Å². The summed E-state index contributed by atoms with van der Waals surface area (Å²) >= 11 is 3.09. The van der Waals surface area contributed by atoms with Crippen LogP contribution >= 0.6 is 12.6 Å². The molecule has 0 radical (unpaired) electrons. The molecule has 0 saturated heterocycles. The molecule has 0 heterocycles. The molecule has 0 spiro atoms. The maximum absolute atomic E-state index is 7.18. The Morgan fingerprint density at radius 1 is 1.06 bits per heavy atom. The van der Waals surface area contributed by atoms with E-state index in [1.807, 2.05) is 0 Å². The Morgan fingerprint density at radius 3 is 1.82 bits per heavy atom. The molecule has 0 unspecified atom stereocenters. The van der Waals surface area contributed by atoms with Crippen molar-refractivity contribution in [1.82, 2.24) is 0 Å². The molecule has 0 bridgehead atoms. The largest absolute Gasteiger partial charge is 0.321 e. The number of quaternary nitrogens is 1. The van der Waals surface area contributed by atoms with Crippen molar-refractivity contribution in [3.63, 3.8) is 0 Å². The highest BCUT2D eigenvalue weighted by molar-refractivity contribution is 7.85. The highest BCUT2D eigenvalue weighted by atomic mass is 32.1. The molecule has 0 atom stereocenters. The maximum atomic E-state index is 7.18. The molecule has 0 aromatic heterocycles. The zero-order valence-corrected chi connectivity index (χ0v) is 12.0. The SMILES string of the molecule is CC[N+](CC)(CC)Cc1ccccc1.N#CS. The minimum absolute atomic E-state index is 1.17. The van der Waals surface area contributed by atoms with Crippen LogP contribution in [0, 0.1) is 10.7 Å². The zero-order chi connectivity index (χ0) is 13.1. The summed E-state index contributed by atoms with van der Waals surface area (Å²) in [6, 6.07) is 10.8. The molecule has 0 N–H and O–H groups in total. The number of benzene rings is 1. The molecule has 1 aromatic rings. The summed E-state index contributed by atoms with van der Waals surface area (Å²) in [6.07, 6.45) is 0. The van der Waals surface area contributed by atoms with E-state index in [1.54, 1.807) is 0 Å². The number of thiol groups is 1. The molecule has 0 amide bonds. The van der Waals surface area contributed by atoms with E-state index >= 15 is 0 Å². The quantitative estimate of drug-likeness (QED) is 0.483. The summed E-state index contributed by atoms with van der Waals surface area (Å²) in [4.78, 5) is 0. The van der Waals surface area contributed by atoms with Gasteiger partial charge in [-0.25, -0.2) is 0 Å². The van der Waals surface area contributed by atoms with Crippen molar-refractivity contribution >= 4 is 12.6 Å². The summed E-state index contributed by atoms with van der Waals surface area (Å²) in [5.74, 6) is 0. The predicted molar refractivity (Wildman–Crippen MR) is 76.6 cm³/mol. The van der Waals surface area contributed by atoms with E-state index < -0.39 is 0 Å². The Morgan fingerprint density at radius 2 is 1.47 bits per heavy atom. The van der Waals surface area contributed by atoms with Crippen LogP contribution in [0.2, 0.25) is 0 Å². The van der Waals surface area contributed by atoms with Crippen molar-refractivity contribution < 1.29 is 4.48 Å². The first kappa shape index (κ1) is 16.0. The summed E-state index contributed by atoms with van der Waals surface area (Å²) in [5, 5.41) is 8.63. The minimum Gasteiger partial charge on any atom is -0.321 e. The van der Waals surface area contributed by atoms with Crippen molar-refractivity contribution in [1.29, 1.82) is 5.26 Å². The highest BCUT2D eigenvalue weighted by Crippen LogP contribution is 2.13. The lowest BCUT2D eigenvalue weighted by Gasteiger charge is -2.35. The number of nitriles is 1. The Bertz CT molecular complexity index is 318. The van der Waals surface area contributed by atoms with E-state index in [0.717, 1.165) is 0 Å². The van der Waals surface area contributed by atoms with Gasteiger partial charge in [0.25, 0.3) is 0 Å². The van der Waals surface area contributed by atoms with Gasteiger partial charge in [-0.2, -0.15) is 5.26 Å². The normalized spacial score (nSPS) is 10.1. The Labute approximate surface area is 111 Å². The van der Waals surface area contributed by atoms with Crippen LogP contribution < -0.4 is 0 Å². The predicted octanol–water partition coefficient (Wildman–Crippen LogP) is 3.46. The number of hydrogen-bond acceptors (Lipinski definition) is 2. The molecule has 0 fully saturated rings. The lowest BCUT2D eigenvalue weighted by molar-refractivity contribution is -0.936. The topological polar surface area (TPSA) is 23.8 Å². The fourth-order valence-corrected chi connectivity index (χ4v) is 1.98. The first-order chi connectivity index (χ1) is 8.17. The molecule has 0 saturated carbocycles. The van der Waals surface area contributed by atoms with E-state index in [-0.39, 0.29) is 0 Å². The van der Waals surface area contributed by atoms with Gasteiger partial charge in [0.2, 0.25) is 0 Å². The van der Waals surface area contributed by atoms with Crippen molar-refractivity contribution in [2.45, 2.75) is 27.3 Å². The van der Waals surface area contributed by atoms with E-state index in [4.69, 9.17) is 5.26 Å². The first-order valence-corrected chi connectivity index (χ1v) is 6.54. The van der Waals surface area contributed by atoms with Gasteiger partial charge in [-0.05, 0) is 20.8 Å². The third-order valence-electron chi connectivity index (χ3n) is 3.37. The summed E-state index contributed by atoms with van der Waals surface area (Å²) in [5.41, 5.74) is 1.46. The Balaban J connectivity index is 0.000000770. The van der Waals surface area contributed by atoms with Crippen molar-refractivity contribution in [3.05, 3.63) is 35.9 Å². The second-order valence-electron chi connectivity index (χ2n) is 4.03. The van der Waals surface area contributed by atoms with Gasteiger partial charge in [-0.1, -0.05) is 43.0 Å². The number of thiocyanates is 1. The lowest BCUT2D eigenvalue weighted by Crippen LogP contribution is -2.46. The Kier molecular flexibility index (Phi) is 8.57. The van der Waals surface area contributed by atoms with Crippen molar-refractivity contribution in [2.24, 2.45) is 0 Å². The van der Waals surface area contributed by atoms with Gasteiger partial charge in [0.15, 0.2) is 0 Å². The average molecular weight is 251 g/mol. The van der Waals surface area contributed by atoms with Crippen LogP contribution in [0.4, 0.5) is 0 Å². The van der Waals surface area contributed by atoms with Crippen LogP contribution in [0.5, 0.6) is 0 Å². The van der Waals surface area contributed by atoms with Crippen LogP contribution in [-0.2, 0) is 6.54 Å². The molecule has 0 aliphatic carbocycles. The summed E-state index contributed by atoms with van der Waals surface area (Å²) in [6.45, 7) is 11.7. The molecule has 0 aliphatic rings. The van der Waals surface area contributed by atoms with Gasteiger partial charge in [-0.15, -0.1) is 0 Å². The van der Waals surface area contributed by atoms with Crippen molar-refractivity contribution in [2.75, 3.05) is 19.6 Å². The van der Waals surface area contributed by atoms with Crippen LogP contribution in [-0.4, -0.2) is 24.1 Å². The van der Waals surface area contributed by atoms with E-state index in [9.17, 15) is 0 Å². The van der Waals surface area contributed by atoms with Gasteiger partial charge in [0, 0.05) is 5.56 Å². The van der Waals surface area contributed by atoms with E-state index in [2.05, 4.69) is 63.7 Å². The molecular formula is C14H23N2S+. The third-order valence-corrected chi connectivity index (χ3v) is 3.37. The van der Waals surface area contributed by atoms with Gasteiger partial charge in [-0.3, -0.25) is 0 Å². The molecule has 1 aromatic carbocycles. The smallest absolute Gasteiger partial charge is 0.130 e. The number of hydrogen-bond donors (Lipinski definition) is 1. The second-order valence-corrected chi connectivity index (χ2v) is 4.23. The molecule has 1 rings (SSSR count). The van der Waals surface area contributed by atoms with Gasteiger partial charge in [0.1, 0.15) is 11.9 Å². The maximum Gasteiger partial charge on any atom is 0.130 e. The standard InChI is InChI=1S/C13H22N.CHNS/c1-4-14(5-2,6-3)12-13-10-8-7-9-11-13;2-1-3/h7-11H,4-6,12H2,1-3H3;3H/q+1;. The molecule has 2 nitrogen and oxygen atoms in total. The lowest BCUT2D eigenvalue weighted by atomic mass is 10.2. The molecular weight excluding hydrogens is 228 g/mol. The number of rotatable bonds is 5. The molecule has 0 aliphatic heterocycles. The zero-order valence-electron chi connectivity index (χ0n) is 11.1. The fraction of sp³-hybridized carbons (Fsp3) is 0.500. The van der Waals surface area contributed by atoms with Crippen LogP contribution in [0.3, 0.4) is 0 Å². The van der Waals surface area contributed by atoms with Crippen LogP contribution in [0.25, 0.3) is 0 Å². The minimum atomic E-state index is 1.17. The molecule has 94 valence electrons. The molecule has 3 heteroatoms. The summed E-state index contributed by atoms with van der Waals surface area (Å²) < 4.78 is 1.20. The van der Waals surface area contributed by atoms with Crippen LogP contribution in [0.1, 0.15) is 26.3 Å².